The summed E-state index contributed by atoms with van der Waals surface area (Å²) in [5.74, 6) is 0. The van der Waals surface area contributed by atoms with Crippen molar-refractivity contribution in [3.8, 4) is 0 Å². The second-order valence-electron chi connectivity index (χ2n) is 4.89. The molecule has 3 heteroatoms. The summed E-state index contributed by atoms with van der Waals surface area (Å²) in [4.78, 5) is 0. The Morgan fingerprint density at radius 3 is 2.33 bits per heavy atom. The highest BCUT2D eigenvalue weighted by molar-refractivity contribution is 5.33. The van der Waals surface area contributed by atoms with Gasteiger partial charge in [-0.1, -0.05) is 18.2 Å². The number of rotatable bonds is 4. The van der Waals surface area contributed by atoms with Crippen molar-refractivity contribution in [2.45, 2.75) is 33.9 Å². The summed E-state index contributed by atoms with van der Waals surface area (Å²) in [6, 6.07) is 6.44. The predicted molar refractivity (Wildman–Crippen MR) is 74.4 cm³/mol. The summed E-state index contributed by atoms with van der Waals surface area (Å²) in [7, 11) is 1.96. The van der Waals surface area contributed by atoms with Crippen LogP contribution in [0, 0.1) is 20.8 Å². The number of aromatic nitrogens is 2. The third-order valence-electron chi connectivity index (χ3n) is 3.38. The molecule has 2 aromatic rings. The summed E-state index contributed by atoms with van der Waals surface area (Å²) in [6.45, 7) is 8.16. The van der Waals surface area contributed by atoms with Crippen LogP contribution in [-0.4, -0.2) is 9.78 Å². The van der Waals surface area contributed by atoms with E-state index < -0.39 is 0 Å². The van der Waals surface area contributed by atoms with Crippen molar-refractivity contribution in [3.05, 3.63) is 52.3 Å². The van der Waals surface area contributed by atoms with Gasteiger partial charge in [0, 0.05) is 31.9 Å². The number of hydrogen-bond acceptors (Lipinski definition) is 2. The minimum absolute atomic E-state index is 0.868. The molecule has 1 aromatic carbocycles. The SMILES string of the molecule is Cc1cccc(C)c1CNCc1cn(C)nc1C. The topological polar surface area (TPSA) is 29.9 Å². The van der Waals surface area contributed by atoms with E-state index in [0.29, 0.717) is 0 Å². The molecule has 1 aromatic heterocycles. The quantitative estimate of drug-likeness (QED) is 0.894. The Hall–Kier alpha value is -1.61. The van der Waals surface area contributed by atoms with E-state index in [0.717, 1.165) is 18.8 Å². The zero-order valence-electron chi connectivity index (χ0n) is 11.6. The van der Waals surface area contributed by atoms with Gasteiger partial charge in [0.1, 0.15) is 0 Å². The standard InChI is InChI=1S/C15H21N3/c1-11-6-5-7-12(2)15(11)9-16-8-14-10-18(4)17-13(14)3/h5-7,10,16H,8-9H2,1-4H3. The first-order valence-electron chi connectivity index (χ1n) is 6.33. The van der Waals surface area contributed by atoms with Gasteiger partial charge < -0.3 is 5.32 Å². The van der Waals surface area contributed by atoms with Crippen molar-refractivity contribution in [3.63, 3.8) is 0 Å². The second kappa shape index (κ2) is 5.36. The molecule has 0 aliphatic rings. The van der Waals surface area contributed by atoms with Gasteiger partial charge >= 0.3 is 0 Å². The molecule has 0 bridgehead atoms. The van der Waals surface area contributed by atoms with Gasteiger partial charge in [-0.15, -0.1) is 0 Å². The monoisotopic (exact) mass is 243 g/mol. The van der Waals surface area contributed by atoms with Crippen molar-refractivity contribution in [1.29, 1.82) is 0 Å². The molecule has 1 N–H and O–H groups in total. The molecule has 96 valence electrons. The van der Waals surface area contributed by atoms with E-state index in [2.05, 4.69) is 55.6 Å². The Morgan fingerprint density at radius 2 is 1.78 bits per heavy atom. The number of nitrogens with one attached hydrogen (secondary N) is 1. The highest BCUT2D eigenvalue weighted by atomic mass is 15.2. The molecular weight excluding hydrogens is 222 g/mol. The average Bonchev–Trinajstić information content (AvgIpc) is 2.62. The summed E-state index contributed by atoms with van der Waals surface area (Å²) in [6.07, 6.45) is 2.08. The van der Waals surface area contributed by atoms with E-state index >= 15 is 0 Å². The number of hydrogen-bond donors (Lipinski definition) is 1. The van der Waals surface area contributed by atoms with Gasteiger partial charge in [0.2, 0.25) is 0 Å². The normalized spacial score (nSPS) is 10.9. The lowest BCUT2D eigenvalue weighted by atomic mass is 10.0. The molecule has 0 radical (unpaired) electrons. The largest absolute Gasteiger partial charge is 0.308 e. The summed E-state index contributed by atoms with van der Waals surface area (Å²) >= 11 is 0. The van der Waals surface area contributed by atoms with E-state index in [1.807, 2.05) is 11.7 Å². The summed E-state index contributed by atoms with van der Waals surface area (Å²) < 4.78 is 1.87. The Balaban J connectivity index is 1.99. The van der Waals surface area contributed by atoms with Gasteiger partial charge in [-0.2, -0.15) is 5.10 Å². The van der Waals surface area contributed by atoms with E-state index in [-0.39, 0.29) is 0 Å². The predicted octanol–water partition coefficient (Wildman–Crippen LogP) is 2.64. The fourth-order valence-electron chi connectivity index (χ4n) is 2.27. The van der Waals surface area contributed by atoms with Gasteiger partial charge in [0.25, 0.3) is 0 Å². The fourth-order valence-corrected chi connectivity index (χ4v) is 2.27. The van der Waals surface area contributed by atoms with E-state index in [9.17, 15) is 0 Å². The minimum Gasteiger partial charge on any atom is -0.308 e. The number of aryl methyl sites for hydroxylation is 4. The van der Waals surface area contributed by atoms with Crippen LogP contribution in [0.3, 0.4) is 0 Å². The molecule has 0 unspecified atom stereocenters. The van der Waals surface area contributed by atoms with E-state index in [4.69, 9.17) is 0 Å². The lowest BCUT2D eigenvalue weighted by Crippen LogP contribution is -2.14. The first-order chi connectivity index (χ1) is 8.58. The maximum atomic E-state index is 4.35. The van der Waals surface area contributed by atoms with Gasteiger partial charge in [-0.05, 0) is 37.5 Å². The lowest BCUT2D eigenvalue weighted by Gasteiger charge is -2.10. The van der Waals surface area contributed by atoms with Crippen LogP contribution in [0.1, 0.15) is 27.9 Å². The summed E-state index contributed by atoms with van der Waals surface area (Å²) in [5.41, 5.74) is 6.48. The molecule has 0 amide bonds. The van der Waals surface area contributed by atoms with Crippen molar-refractivity contribution in [2.75, 3.05) is 0 Å². The van der Waals surface area contributed by atoms with Crippen molar-refractivity contribution in [2.24, 2.45) is 7.05 Å². The number of nitrogens with zero attached hydrogens (tertiary/aromatic N) is 2. The molecule has 3 nitrogen and oxygen atoms in total. The average molecular weight is 243 g/mol. The Bertz CT molecular complexity index is 520. The minimum atomic E-state index is 0.868. The maximum absolute atomic E-state index is 4.35. The van der Waals surface area contributed by atoms with E-state index in [1.165, 1.54) is 22.3 Å². The third kappa shape index (κ3) is 2.79. The summed E-state index contributed by atoms with van der Waals surface area (Å²) in [5, 5.41) is 7.85. The molecule has 0 spiro atoms. The molecule has 0 fully saturated rings. The van der Waals surface area contributed by atoms with Gasteiger partial charge in [0.15, 0.2) is 0 Å². The first-order valence-corrected chi connectivity index (χ1v) is 6.33. The first kappa shape index (κ1) is 12.8. The van der Waals surface area contributed by atoms with Gasteiger partial charge in [0.05, 0.1) is 5.69 Å². The second-order valence-corrected chi connectivity index (χ2v) is 4.89. The molecule has 0 aliphatic carbocycles. The van der Waals surface area contributed by atoms with Crippen molar-refractivity contribution in [1.82, 2.24) is 15.1 Å². The van der Waals surface area contributed by atoms with Gasteiger partial charge in [-0.3, -0.25) is 4.68 Å². The molecule has 2 rings (SSSR count). The smallest absolute Gasteiger partial charge is 0.0638 e. The van der Waals surface area contributed by atoms with Crippen LogP contribution < -0.4 is 5.32 Å². The highest BCUT2D eigenvalue weighted by Gasteiger charge is 2.04. The molecule has 18 heavy (non-hydrogen) atoms. The molecule has 0 atom stereocenters. The zero-order chi connectivity index (χ0) is 13.1. The van der Waals surface area contributed by atoms with Crippen LogP contribution in [0.2, 0.25) is 0 Å². The third-order valence-corrected chi connectivity index (χ3v) is 3.38. The molecular formula is C15H21N3. The number of benzene rings is 1. The van der Waals surface area contributed by atoms with Crippen molar-refractivity contribution >= 4 is 0 Å². The Morgan fingerprint density at radius 1 is 1.11 bits per heavy atom. The van der Waals surface area contributed by atoms with Crippen LogP contribution in [0.5, 0.6) is 0 Å². The van der Waals surface area contributed by atoms with Crippen LogP contribution in [0.25, 0.3) is 0 Å². The van der Waals surface area contributed by atoms with E-state index in [1.54, 1.807) is 0 Å². The molecule has 1 heterocycles. The van der Waals surface area contributed by atoms with Crippen LogP contribution in [0.15, 0.2) is 24.4 Å². The van der Waals surface area contributed by atoms with Crippen LogP contribution in [-0.2, 0) is 20.1 Å². The van der Waals surface area contributed by atoms with Gasteiger partial charge in [-0.25, -0.2) is 0 Å². The maximum Gasteiger partial charge on any atom is 0.0638 e. The molecule has 0 saturated carbocycles. The Labute approximate surface area is 109 Å². The highest BCUT2D eigenvalue weighted by Crippen LogP contribution is 2.13. The van der Waals surface area contributed by atoms with Crippen LogP contribution >= 0.6 is 0 Å². The molecule has 0 aliphatic heterocycles. The lowest BCUT2D eigenvalue weighted by molar-refractivity contribution is 0.684. The van der Waals surface area contributed by atoms with Crippen molar-refractivity contribution < 1.29 is 0 Å². The van der Waals surface area contributed by atoms with Crippen LogP contribution in [0.4, 0.5) is 0 Å². The molecule has 0 saturated heterocycles. The zero-order valence-corrected chi connectivity index (χ0v) is 11.6. The Kier molecular flexibility index (Phi) is 3.82. The fraction of sp³-hybridized carbons (Fsp3) is 0.400.